The Balaban J connectivity index is 1.98. The lowest BCUT2D eigenvalue weighted by Crippen LogP contribution is -2.21. The van der Waals surface area contributed by atoms with Crippen LogP contribution in [0.2, 0.25) is 0 Å². The molecule has 0 spiro atoms. The largest absolute Gasteiger partial charge is 0.331 e. The normalized spacial score (nSPS) is 14.3. The highest BCUT2D eigenvalue weighted by atomic mass is 19.1. The highest BCUT2D eigenvalue weighted by molar-refractivity contribution is 5.64. The molecular formula is C16H14FN3O. The van der Waals surface area contributed by atoms with Gasteiger partial charge in [0.25, 0.3) is 0 Å². The van der Waals surface area contributed by atoms with Crippen LogP contribution in [0, 0.1) is 5.82 Å². The molecule has 5 heteroatoms. The molecule has 0 saturated carbocycles. The average molecular weight is 283 g/mol. The van der Waals surface area contributed by atoms with E-state index in [1.54, 1.807) is 18.3 Å². The Morgan fingerprint density at radius 1 is 1.24 bits per heavy atom. The van der Waals surface area contributed by atoms with Crippen molar-refractivity contribution in [3.05, 3.63) is 58.0 Å². The first-order valence-corrected chi connectivity index (χ1v) is 7.11. The monoisotopic (exact) mass is 283 g/mol. The minimum Gasteiger partial charge on any atom is -0.311 e. The zero-order valence-electron chi connectivity index (χ0n) is 11.4. The van der Waals surface area contributed by atoms with Gasteiger partial charge in [0.15, 0.2) is 0 Å². The Kier molecular flexibility index (Phi) is 2.67. The van der Waals surface area contributed by atoms with Gasteiger partial charge < -0.3 is 4.98 Å². The van der Waals surface area contributed by atoms with Gasteiger partial charge in [-0.25, -0.2) is 14.2 Å². The number of nitrogens with zero attached hydrogens (tertiary/aromatic N) is 2. The quantitative estimate of drug-likeness (QED) is 0.746. The molecule has 2 aromatic heterocycles. The first-order chi connectivity index (χ1) is 10.2. The number of fused-ring (bicyclic) bond motifs is 3. The Morgan fingerprint density at radius 2 is 2.10 bits per heavy atom. The van der Waals surface area contributed by atoms with Crippen LogP contribution in [0.1, 0.15) is 24.1 Å². The lowest BCUT2D eigenvalue weighted by Gasteiger charge is -2.15. The molecule has 0 aliphatic heterocycles. The van der Waals surface area contributed by atoms with Crippen LogP contribution in [0.3, 0.4) is 0 Å². The topological polar surface area (TPSA) is 50.2 Å². The van der Waals surface area contributed by atoms with Crippen LogP contribution in [0.4, 0.5) is 4.39 Å². The van der Waals surface area contributed by atoms with Gasteiger partial charge in [0.1, 0.15) is 11.5 Å². The van der Waals surface area contributed by atoms with E-state index in [0.717, 1.165) is 36.9 Å². The van der Waals surface area contributed by atoms with Crippen molar-refractivity contribution >= 4 is 5.65 Å². The van der Waals surface area contributed by atoms with Crippen molar-refractivity contribution in [2.24, 2.45) is 0 Å². The molecule has 0 saturated heterocycles. The number of aromatic nitrogens is 3. The molecule has 1 aliphatic carbocycles. The van der Waals surface area contributed by atoms with Crippen molar-refractivity contribution in [2.75, 3.05) is 0 Å². The van der Waals surface area contributed by atoms with E-state index in [0.29, 0.717) is 16.9 Å². The molecule has 3 aromatic rings. The summed E-state index contributed by atoms with van der Waals surface area (Å²) in [6.07, 6.45) is 5.70. The smallest absolute Gasteiger partial charge is 0.311 e. The molecule has 2 heterocycles. The number of aromatic amines is 1. The first kappa shape index (κ1) is 12.3. The van der Waals surface area contributed by atoms with E-state index in [2.05, 4.69) is 9.97 Å². The van der Waals surface area contributed by atoms with E-state index < -0.39 is 0 Å². The lowest BCUT2D eigenvalue weighted by molar-refractivity contribution is 0.628. The molecule has 0 amide bonds. The van der Waals surface area contributed by atoms with Crippen molar-refractivity contribution in [3.63, 3.8) is 0 Å². The number of imidazole rings is 1. The summed E-state index contributed by atoms with van der Waals surface area (Å²) in [6, 6.07) is 6.27. The van der Waals surface area contributed by atoms with Gasteiger partial charge in [-0.2, -0.15) is 0 Å². The van der Waals surface area contributed by atoms with Gasteiger partial charge in [0.05, 0.1) is 5.69 Å². The summed E-state index contributed by atoms with van der Waals surface area (Å²) in [5, 5.41) is 0. The number of aryl methyl sites for hydroxylation is 2. The molecule has 0 fully saturated rings. The highest BCUT2D eigenvalue weighted by Crippen LogP contribution is 2.25. The summed E-state index contributed by atoms with van der Waals surface area (Å²) in [5.74, 6) is -0.305. The van der Waals surface area contributed by atoms with E-state index in [1.807, 2.05) is 0 Å². The van der Waals surface area contributed by atoms with Crippen molar-refractivity contribution in [2.45, 2.75) is 25.7 Å². The van der Waals surface area contributed by atoms with E-state index in [1.165, 1.54) is 16.5 Å². The van der Waals surface area contributed by atoms with Crippen molar-refractivity contribution < 1.29 is 4.39 Å². The maximum atomic E-state index is 13.4. The molecule has 0 atom stereocenters. The van der Waals surface area contributed by atoms with Crippen LogP contribution < -0.4 is 5.69 Å². The van der Waals surface area contributed by atoms with Crippen LogP contribution in [0.15, 0.2) is 35.3 Å². The van der Waals surface area contributed by atoms with E-state index >= 15 is 0 Å². The second kappa shape index (κ2) is 4.55. The number of hydrogen-bond donors (Lipinski definition) is 1. The van der Waals surface area contributed by atoms with E-state index in [-0.39, 0.29) is 11.5 Å². The zero-order chi connectivity index (χ0) is 14.4. The summed E-state index contributed by atoms with van der Waals surface area (Å²) in [4.78, 5) is 19.7. The summed E-state index contributed by atoms with van der Waals surface area (Å²) in [6.45, 7) is 0. The Labute approximate surface area is 120 Å². The molecule has 4 rings (SSSR count). The number of H-pyrrole nitrogens is 1. The molecular weight excluding hydrogens is 269 g/mol. The number of rotatable bonds is 1. The zero-order valence-corrected chi connectivity index (χ0v) is 11.4. The third-order valence-electron chi connectivity index (χ3n) is 4.04. The van der Waals surface area contributed by atoms with Gasteiger partial charge in [-0.1, -0.05) is 12.1 Å². The fourth-order valence-electron chi connectivity index (χ4n) is 3.01. The van der Waals surface area contributed by atoms with E-state index in [9.17, 15) is 9.18 Å². The molecule has 21 heavy (non-hydrogen) atoms. The summed E-state index contributed by atoms with van der Waals surface area (Å²) in [7, 11) is 0. The Morgan fingerprint density at radius 3 is 2.95 bits per heavy atom. The van der Waals surface area contributed by atoms with Crippen LogP contribution in [-0.2, 0) is 12.8 Å². The first-order valence-electron chi connectivity index (χ1n) is 7.11. The fourth-order valence-corrected chi connectivity index (χ4v) is 3.01. The van der Waals surface area contributed by atoms with Crippen molar-refractivity contribution in [1.29, 1.82) is 0 Å². The predicted molar refractivity (Wildman–Crippen MR) is 77.8 cm³/mol. The summed E-state index contributed by atoms with van der Waals surface area (Å²) < 4.78 is 14.9. The van der Waals surface area contributed by atoms with Gasteiger partial charge in [0.2, 0.25) is 0 Å². The SMILES string of the molecule is O=c1[nH]c2c(c3nc(-c4cccc(F)c4)cn13)CCCC2. The molecule has 0 radical (unpaired) electrons. The molecule has 1 aromatic carbocycles. The number of nitrogens with one attached hydrogen (secondary N) is 1. The molecule has 0 unspecified atom stereocenters. The maximum Gasteiger partial charge on any atom is 0.331 e. The second-order valence-corrected chi connectivity index (χ2v) is 5.42. The number of hydrogen-bond acceptors (Lipinski definition) is 2. The lowest BCUT2D eigenvalue weighted by atomic mass is 9.97. The van der Waals surface area contributed by atoms with Gasteiger partial charge in [-0.05, 0) is 37.8 Å². The molecule has 0 bridgehead atoms. The van der Waals surface area contributed by atoms with Gasteiger partial charge in [0, 0.05) is 23.0 Å². The summed E-state index contributed by atoms with van der Waals surface area (Å²) in [5.41, 5.74) is 3.94. The van der Waals surface area contributed by atoms with Crippen LogP contribution in [-0.4, -0.2) is 14.4 Å². The molecule has 1 N–H and O–H groups in total. The van der Waals surface area contributed by atoms with E-state index in [4.69, 9.17) is 0 Å². The van der Waals surface area contributed by atoms with Crippen LogP contribution in [0.25, 0.3) is 16.9 Å². The minimum atomic E-state index is -0.305. The third kappa shape index (κ3) is 1.96. The molecule has 4 nitrogen and oxygen atoms in total. The van der Waals surface area contributed by atoms with Gasteiger partial charge in [-0.3, -0.25) is 4.40 Å². The maximum absolute atomic E-state index is 13.4. The van der Waals surface area contributed by atoms with Gasteiger partial charge in [-0.15, -0.1) is 0 Å². The van der Waals surface area contributed by atoms with Gasteiger partial charge >= 0.3 is 5.69 Å². The fraction of sp³-hybridized carbons (Fsp3) is 0.250. The molecule has 1 aliphatic rings. The Bertz CT molecular complexity index is 894. The van der Waals surface area contributed by atoms with Crippen LogP contribution in [0.5, 0.6) is 0 Å². The third-order valence-corrected chi connectivity index (χ3v) is 4.04. The Hall–Kier alpha value is -2.43. The van der Waals surface area contributed by atoms with Crippen molar-refractivity contribution in [3.8, 4) is 11.3 Å². The average Bonchev–Trinajstić information content (AvgIpc) is 2.93. The van der Waals surface area contributed by atoms with Crippen LogP contribution >= 0.6 is 0 Å². The standard InChI is InChI=1S/C16H14FN3O/c17-11-5-3-4-10(8-11)14-9-20-15(18-14)12-6-1-2-7-13(12)19-16(20)21/h3-5,8-9H,1-2,6-7H2,(H,19,21). The minimum absolute atomic E-state index is 0.180. The second-order valence-electron chi connectivity index (χ2n) is 5.42. The number of benzene rings is 1. The summed E-state index contributed by atoms with van der Waals surface area (Å²) >= 11 is 0. The van der Waals surface area contributed by atoms with Crippen molar-refractivity contribution in [1.82, 2.24) is 14.4 Å². The predicted octanol–water partition coefficient (Wildman–Crippen LogP) is 2.71. The molecule has 106 valence electrons. The highest BCUT2D eigenvalue weighted by Gasteiger charge is 2.18. The number of halogens is 1.